The molecule has 1 aromatic heterocycles. The molecule has 0 radical (unpaired) electrons. The van der Waals surface area contributed by atoms with E-state index in [-0.39, 0.29) is 0 Å². The summed E-state index contributed by atoms with van der Waals surface area (Å²) in [7, 11) is 2.23. The van der Waals surface area contributed by atoms with Crippen molar-refractivity contribution in [3.63, 3.8) is 0 Å². The van der Waals surface area contributed by atoms with Crippen molar-refractivity contribution in [2.75, 3.05) is 20.1 Å². The van der Waals surface area contributed by atoms with Crippen molar-refractivity contribution in [2.45, 2.75) is 32.4 Å². The van der Waals surface area contributed by atoms with Crippen molar-refractivity contribution in [3.05, 3.63) is 21.9 Å². The fourth-order valence-electron chi connectivity index (χ4n) is 1.75. The zero-order valence-electron chi connectivity index (χ0n) is 9.62. The van der Waals surface area contributed by atoms with Crippen LogP contribution in [0.15, 0.2) is 12.1 Å². The Morgan fingerprint density at radius 3 is 2.87 bits per heavy atom. The molecule has 3 heteroatoms. The SMILES string of the molecule is Cc1ccc(CNCCN(C)C2CC2)s1. The van der Waals surface area contributed by atoms with E-state index in [2.05, 4.69) is 36.3 Å². The van der Waals surface area contributed by atoms with E-state index in [0.717, 1.165) is 19.1 Å². The second kappa shape index (κ2) is 5.10. The van der Waals surface area contributed by atoms with Gasteiger partial charge in [-0.15, -0.1) is 11.3 Å². The molecule has 0 spiro atoms. The summed E-state index contributed by atoms with van der Waals surface area (Å²) in [6.45, 7) is 5.46. The van der Waals surface area contributed by atoms with Gasteiger partial charge in [-0.1, -0.05) is 0 Å². The second-order valence-electron chi connectivity index (χ2n) is 4.40. The Balaban J connectivity index is 1.58. The molecule has 1 aliphatic carbocycles. The molecule has 0 bridgehead atoms. The van der Waals surface area contributed by atoms with Gasteiger partial charge in [0.25, 0.3) is 0 Å². The number of likely N-dealkylation sites (N-methyl/N-ethyl adjacent to an activating group) is 1. The van der Waals surface area contributed by atoms with Gasteiger partial charge in [0.05, 0.1) is 0 Å². The van der Waals surface area contributed by atoms with Gasteiger partial charge in [-0.05, 0) is 38.9 Å². The lowest BCUT2D eigenvalue weighted by Crippen LogP contribution is -2.30. The molecule has 1 saturated carbocycles. The number of hydrogen-bond donors (Lipinski definition) is 1. The topological polar surface area (TPSA) is 15.3 Å². The highest BCUT2D eigenvalue weighted by atomic mass is 32.1. The van der Waals surface area contributed by atoms with Crippen molar-refractivity contribution >= 4 is 11.3 Å². The van der Waals surface area contributed by atoms with E-state index in [9.17, 15) is 0 Å². The van der Waals surface area contributed by atoms with Crippen LogP contribution in [0.3, 0.4) is 0 Å². The van der Waals surface area contributed by atoms with Crippen LogP contribution in [-0.2, 0) is 6.54 Å². The summed E-state index contributed by atoms with van der Waals surface area (Å²) in [6.07, 6.45) is 2.81. The maximum absolute atomic E-state index is 3.50. The Hall–Kier alpha value is -0.380. The lowest BCUT2D eigenvalue weighted by molar-refractivity contribution is 0.322. The molecule has 15 heavy (non-hydrogen) atoms. The quantitative estimate of drug-likeness (QED) is 0.746. The summed E-state index contributed by atoms with van der Waals surface area (Å²) < 4.78 is 0. The lowest BCUT2D eigenvalue weighted by Gasteiger charge is -2.15. The van der Waals surface area contributed by atoms with Crippen molar-refractivity contribution in [2.24, 2.45) is 0 Å². The largest absolute Gasteiger partial charge is 0.311 e. The van der Waals surface area contributed by atoms with Crippen LogP contribution in [-0.4, -0.2) is 31.1 Å². The average molecular weight is 224 g/mol. The number of hydrogen-bond acceptors (Lipinski definition) is 3. The summed E-state index contributed by atoms with van der Waals surface area (Å²) in [4.78, 5) is 5.32. The molecule has 84 valence electrons. The fourth-order valence-corrected chi connectivity index (χ4v) is 2.60. The molecule has 1 aliphatic rings. The van der Waals surface area contributed by atoms with Crippen LogP contribution in [0.1, 0.15) is 22.6 Å². The van der Waals surface area contributed by atoms with Crippen LogP contribution in [0.4, 0.5) is 0 Å². The standard InChI is InChI=1S/C12H20N2S/c1-10-3-6-12(15-10)9-13-7-8-14(2)11-4-5-11/h3,6,11,13H,4-5,7-9H2,1-2H3. The van der Waals surface area contributed by atoms with Gasteiger partial charge in [-0.3, -0.25) is 0 Å². The summed E-state index contributed by atoms with van der Waals surface area (Å²) in [5.74, 6) is 0. The number of aryl methyl sites for hydroxylation is 1. The van der Waals surface area contributed by atoms with E-state index >= 15 is 0 Å². The summed E-state index contributed by atoms with van der Waals surface area (Å²) in [5, 5.41) is 3.50. The molecule has 0 aliphatic heterocycles. The van der Waals surface area contributed by atoms with Crippen LogP contribution in [0.25, 0.3) is 0 Å². The minimum absolute atomic E-state index is 0.885. The summed E-state index contributed by atoms with van der Waals surface area (Å²) >= 11 is 1.89. The van der Waals surface area contributed by atoms with Crippen molar-refractivity contribution in [1.29, 1.82) is 0 Å². The molecule has 1 N–H and O–H groups in total. The molecule has 0 unspecified atom stereocenters. The lowest BCUT2D eigenvalue weighted by atomic mass is 10.4. The van der Waals surface area contributed by atoms with E-state index < -0.39 is 0 Å². The fraction of sp³-hybridized carbons (Fsp3) is 0.667. The van der Waals surface area contributed by atoms with E-state index in [1.54, 1.807) is 0 Å². The number of rotatable bonds is 6. The molecular formula is C12H20N2S. The van der Waals surface area contributed by atoms with Gasteiger partial charge >= 0.3 is 0 Å². The smallest absolute Gasteiger partial charge is 0.0300 e. The maximum Gasteiger partial charge on any atom is 0.0300 e. The minimum atomic E-state index is 0.885. The highest BCUT2D eigenvalue weighted by Crippen LogP contribution is 2.24. The summed E-state index contributed by atoms with van der Waals surface area (Å²) in [6, 6.07) is 5.30. The molecule has 1 aromatic rings. The van der Waals surface area contributed by atoms with Gasteiger partial charge < -0.3 is 10.2 Å². The van der Waals surface area contributed by atoms with Gasteiger partial charge in [0.15, 0.2) is 0 Å². The van der Waals surface area contributed by atoms with Crippen molar-refractivity contribution in [1.82, 2.24) is 10.2 Å². The van der Waals surface area contributed by atoms with Crippen molar-refractivity contribution in [3.8, 4) is 0 Å². The zero-order valence-corrected chi connectivity index (χ0v) is 10.4. The Bertz CT molecular complexity index is 304. The third-order valence-electron chi connectivity index (χ3n) is 2.91. The highest BCUT2D eigenvalue weighted by molar-refractivity contribution is 7.11. The molecule has 1 fully saturated rings. The Kier molecular flexibility index (Phi) is 3.78. The summed E-state index contributed by atoms with van der Waals surface area (Å²) in [5.41, 5.74) is 0. The van der Waals surface area contributed by atoms with Crippen molar-refractivity contribution < 1.29 is 0 Å². The molecule has 2 rings (SSSR count). The van der Waals surface area contributed by atoms with Gasteiger partial charge in [-0.25, -0.2) is 0 Å². The van der Waals surface area contributed by atoms with Crippen LogP contribution in [0, 0.1) is 6.92 Å². The van der Waals surface area contributed by atoms with Gasteiger partial charge in [0.1, 0.15) is 0 Å². The molecule has 0 saturated heterocycles. The second-order valence-corrected chi connectivity index (χ2v) is 5.77. The van der Waals surface area contributed by atoms with E-state index in [0.29, 0.717) is 0 Å². The Morgan fingerprint density at radius 1 is 1.47 bits per heavy atom. The Morgan fingerprint density at radius 2 is 2.27 bits per heavy atom. The average Bonchev–Trinajstić information content (AvgIpc) is 2.98. The molecule has 0 aromatic carbocycles. The van der Waals surface area contributed by atoms with E-state index in [1.807, 2.05) is 11.3 Å². The molecule has 0 atom stereocenters. The first-order valence-electron chi connectivity index (χ1n) is 5.72. The van der Waals surface area contributed by atoms with Gasteiger partial charge in [-0.2, -0.15) is 0 Å². The molecule has 2 nitrogen and oxygen atoms in total. The number of thiophene rings is 1. The minimum Gasteiger partial charge on any atom is -0.311 e. The Labute approximate surface area is 96.3 Å². The normalized spacial score (nSPS) is 16.2. The number of nitrogens with zero attached hydrogens (tertiary/aromatic N) is 1. The van der Waals surface area contributed by atoms with Crippen LogP contribution in [0.5, 0.6) is 0 Å². The molecule has 0 amide bonds. The highest BCUT2D eigenvalue weighted by Gasteiger charge is 2.25. The maximum atomic E-state index is 3.50. The van der Waals surface area contributed by atoms with Crippen LogP contribution >= 0.6 is 11.3 Å². The molecule has 1 heterocycles. The monoisotopic (exact) mass is 224 g/mol. The van der Waals surface area contributed by atoms with Crippen LogP contribution < -0.4 is 5.32 Å². The number of nitrogens with one attached hydrogen (secondary N) is 1. The predicted octanol–water partition coefficient (Wildman–Crippen LogP) is 2.24. The van der Waals surface area contributed by atoms with Gasteiger partial charge in [0.2, 0.25) is 0 Å². The first-order valence-corrected chi connectivity index (χ1v) is 6.53. The third-order valence-corrected chi connectivity index (χ3v) is 3.91. The first kappa shape index (κ1) is 11.1. The van der Waals surface area contributed by atoms with E-state index in [4.69, 9.17) is 0 Å². The first-order chi connectivity index (χ1) is 7.25. The predicted molar refractivity (Wildman–Crippen MR) is 66.4 cm³/mol. The molecular weight excluding hydrogens is 204 g/mol. The zero-order chi connectivity index (χ0) is 10.7. The van der Waals surface area contributed by atoms with Gasteiger partial charge in [0, 0.05) is 35.4 Å². The third kappa shape index (κ3) is 3.59. The van der Waals surface area contributed by atoms with E-state index in [1.165, 1.54) is 29.1 Å². The van der Waals surface area contributed by atoms with Crippen LogP contribution in [0.2, 0.25) is 0 Å².